The molecule has 0 heterocycles. The molecule has 1 rings (SSSR count). The van der Waals surface area contributed by atoms with Gasteiger partial charge in [-0.2, -0.15) is 5.10 Å². The van der Waals surface area contributed by atoms with E-state index in [0.29, 0.717) is 0 Å². The molecule has 92 valence electrons. The summed E-state index contributed by atoms with van der Waals surface area (Å²) in [5, 5.41) is 13.3. The second-order valence-electron chi connectivity index (χ2n) is 3.77. The lowest BCUT2D eigenvalue weighted by Gasteiger charge is -2.01. The van der Waals surface area contributed by atoms with Crippen molar-refractivity contribution in [3.05, 3.63) is 29.8 Å². The second-order valence-corrected chi connectivity index (χ2v) is 3.77. The first-order chi connectivity index (χ1) is 8.25. The molecule has 0 unspecified atom stereocenters. The average molecular weight is 234 g/mol. The van der Waals surface area contributed by atoms with E-state index >= 15 is 0 Å². The third-order valence-electron chi connectivity index (χ3n) is 2.34. The summed E-state index contributed by atoms with van der Waals surface area (Å²) in [6.07, 6.45) is 5.95. The minimum absolute atomic E-state index is 0.0359. The summed E-state index contributed by atoms with van der Waals surface area (Å²) in [7, 11) is 0. The van der Waals surface area contributed by atoms with Gasteiger partial charge in [0.2, 0.25) is 0 Å². The van der Waals surface area contributed by atoms with Gasteiger partial charge in [-0.3, -0.25) is 4.79 Å². The van der Waals surface area contributed by atoms with Crippen LogP contribution in [0.15, 0.2) is 29.4 Å². The van der Waals surface area contributed by atoms with E-state index in [-0.39, 0.29) is 11.3 Å². The fraction of sp³-hybridized carbons (Fsp3) is 0.385. The van der Waals surface area contributed by atoms with Gasteiger partial charge < -0.3 is 5.11 Å². The minimum atomic E-state index is -0.394. The van der Waals surface area contributed by atoms with E-state index in [0.717, 1.165) is 19.3 Å². The van der Waals surface area contributed by atoms with Gasteiger partial charge in [0.25, 0.3) is 5.91 Å². The number of benzene rings is 1. The molecule has 0 aliphatic rings. The number of phenols is 1. The fourth-order valence-electron chi connectivity index (χ4n) is 1.38. The van der Waals surface area contributed by atoms with Crippen LogP contribution in [0.5, 0.6) is 5.75 Å². The van der Waals surface area contributed by atoms with Gasteiger partial charge in [0.1, 0.15) is 5.75 Å². The number of hydrazone groups is 1. The van der Waals surface area contributed by atoms with Gasteiger partial charge in [-0.25, -0.2) is 5.43 Å². The van der Waals surface area contributed by atoms with Crippen molar-refractivity contribution in [1.29, 1.82) is 0 Å². The van der Waals surface area contributed by atoms with E-state index in [1.807, 2.05) is 0 Å². The standard InChI is InChI=1S/C13H18N2O2/c1-2-3-4-7-10-14-15-13(17)11-8-5-6-9-12(11)16/h5-6,8-10,16H,2-4,7H2,1H3,(H,15,17)/b14-10-. The van der Waals surface area contributed by atoms with Gasteiger partial charge in [0.15, 0.2) is 0 Å². The van der Waals surface area contributed by atoms with Crippen molar-refractivity contribution < 1.29 is 9.90 Å². The van der Waals surface area contributed by atoms with Gasteiger partial charge in [0, 0.05) is 6.21 Å². The monoisotopic (exact) mass is 234 g/mol. The van der Waals surface area contributed by atoms with Crippen LogP contribution in [0.3, 0.4) is 0 Å². The van der Waals surface area contributed by atoms with Gasteiger partial charge in [0.05, 0.1) is 5.56 Å². The summed E-state index contributed by atoms with van der Waals surface area (Å²) in [4.78, 5) is 11.6. The summed E-state index contributed by atoms with van der Waals surface area (Å²) in [6, 6.07) is 6.39. The molecule has 2 N–H and O–H groups in total. The van der Waals surface area contributed by atoms with E-state index in [1.165, 1.54) is 12.5 Å². The van der Waals surface area contributed by atoms with E-state index in [4.69, 9.17) is 0 Å². The highest BCUT2D eigenvalue weighted by Gasteiger charge is 2.08. The fourth-order valence-corrected chi connectivity index (χ4v) is 1.38. The smallest absolute Gasteiger partial charge is 0.275 e. The zero-order chi connectivity index (χ0) is 12.5. The molecule has 0 spiro atoms. The first-order valence-corrected chi connectivity index (χ1v) is 5.85. The predicted molar refractivity (Wildman–Crippen MR) is 68.2 cm³/mol. The Bertz CT molecular complexity index is 389. The number of aromatic hydroxyl groups is 1. The Labute approximate surface area is 101 Å². The number of carbonyl (C=O) groups excluding carboxylic acids is 1. The molecule has 0 aliphatic heterocycles. The maximum atomic E-state index is 11.6. The molecular formula is C13H18N2O2. The number of nitrogens with one attached hydrogen (secondary N) is 1. The number of rotatable bonds is 6. The average Bonchev–Trinajstić information content (AvgIpc) is 2.34. The number of para-hydroxylation sites is 1. The molecule has 17 heavy (non-hydrogen) atoms. The summed E-state index contributed by atoms with van der Waals surface area (Å²) in [6.45, 7) is 2.14. The number of hydrogen-bond donors (Lipinski definition) is 2. The molecule has 1 amide bonds. The van der Waals surface area contributed by atoms with Crippen molar-refractivity contribution in [1.82, 2.24) is 5.43 Å². The normalized spacial score (nSPS) is 10.6. The number of hydrogen-bond acceptors (Lipinski definition) is 3. The summed E-state index contributed by atoms with van der Waals surface area (Å²) < 4.78 is 0. The Hall–Kier alpha value is -1.84. The molecule has 4 nitrogen and oxygen atoms in total. The van der Waals surface area contributed by atoms with Crippen LogP contribution in [0.25, 0.3) is 0 Å². The minimum Gasteiger partial charge on any atom is -0.507 e. The third-order valence-corrected chi connectivity index (χ3v) is 2.34. The highest BCUT2D eigenvalue weighted by Crippen LogP contribution is 2.14. The van der Waals surface area contributed by atoms with Gasteiger partial charge >= 0.3 is 0 Å². The molecule has 1 aromatic carbocycles. The molecule has 1 aromatic rings. The van der Waals surface area contributed by atoms with Crippen LogP contribution in [0.4, 0.5) is 0 Å². The lowest BCUT2D eigenvalue weighted by molar-refractivity contribution is 0.0952. The van der Waals surface area contributed by atoms with Crippen molar-refractivity contribution in [3.8, 4) is 5.75 Å². The van der Waals surface area contributed by atoms with Crippen LogP contribution >= 0.6 is 0 Å². The first kappa shape index (κ1) is 13.2. The highest BCUT2D eigenvalue weighted by molar-refractivity contribution is 5.96. The van der Waals surface area contributed by atoms with Gasteiger partial charge in [-0.05, 0) is 25.0 Å². The number of nitrogens with zero attached hydrogens (tertiary/aromatic N) is 1. The van der Waals surface area contributed by atoms with Crippen LogP contribution in [0.2, 0.25) is 0 Å². The molecule has 0 fully saturated rings. The highest BCUT2D eigenvalue weighted by atomic mass is 16.3. The molecule has 0 aliphatic carbocycles. The van der Waals surface area contributed by atoms with Crippen molar-refractivity contribution in [3.63, 3.8) is 0 Å². The van der Waals surface area contributed by atoms with E-state index in [9.17, 15) is 9.90 Å². The second kappa shape index (κ2) is 7.44. The summed E-state index contributed by atoms with van der Waals surface area (Å²) in [5.41, 5.74) is 2.62. The van der Waals surface area contributed by atoms with Crippen molar-refractivity contribution in [2.45, 2.75) is 32.6 Å². The molecule has 0 aromatic heterocycles. The first-order valence-electron chi connectivity index (χ1n) is 5.85. The third kappa shape index (κ3) is 4.68. The Morgan fingerprint density at radius 2 is 2.18 bits per heavy atom. The Morgan fingerprint density at radius 1 is 1.41 bits per heavy atom. The lowest BCUT2D eigenvalue weighted by atomic mass is 10.2. The molecular weight excluding hydrogens is 216 g/mol. The Balaban J connectivity index is 2.37. The van der Waals surface area contributed by atoms with E-state index in [2.05, 4.69) is 17.5 Å². The van der Waals surface area contributed by atoms with Crippen LogP contribution in [-0.2, 0) is 0 Å². The molecule has 4 heteroatoms. The van der Waals surface area contributed by atoms with Crippen LogP contribution in [-0.4, -0.2) is 17.2 Å². The molecule has 0 saturated heterocycles. The largest absolute Gasteiger partial charge is 0.507 e. The van der Waals surface area contributed by atoms with Crippen molar-refractivity contribution in [2.24, 2.45) is 5.10 Å². The maximum Gasteiger partial charge on any atom is 0.275 e. The van der Waals surface area contributed by atoms with Crippen LogP contribution < -0.4 is 5.43 Å². The number of carbonyl (C=O) groups is 1. The van der Waals surface area contributed by atoms with Crippen molar-refractivity contribution >= 4 is 12.1 Å². The van der Waals surface area contributed by atoms with Crippen molar-refractivity contribution in [2.75, 3.05) is 0 Å². The van der Waals surface area contributed by atoms with Crippen LogP contribution in [0, 0.1) is 0 Å². The lowest BCUT2D eigenvalue weighted by Crippen LogP contribution is -2.17. The summed E-state index contributed by atoms with van der Waals surface area (Å²) >= 11 is 0. The predicted octanol–water partition coefficient (Wildman–Crippen LogP) is 2.69. The summed E-state index contributed by atoms with van der Waals surface area (Å²) in [5.74, 6) is -0.430. The zero-order valence-electron chi connectivity index (χ0n) is 10.0. The molecule has 0 atom stereocenters. The Morgan fingerprint density at radius 3 is 2.88 bits per heavy atom. The zero-order valence-corrected chi connectivity index (χ0v) is 10.0. The van der Waals surface area contributed by atoms with Gasteiger partial charge in [-0.1, -0.05) is 31.9 Å². The Kier molecular flexibility index (Phi) is 5.79. The SMILES string of the molecule is CCCCC/C=N\NC(=O)c1ccccc1O. The number of amides is 1. The quantitative estimate of drug-likeness (QED) is 0.451. The van der Waals surface area contributed by atoms with E-state index < -0.39 is 5.91 Å². The molecule has 0 saturated carbocycles. The molecule has 0 radical (unpaired) electrons. The number of unbranched alkanes of at least 4 members (excludes halogenated alkanes) is 3. The van der Waals surface area contributed by atoms with Crippen LogP contribution in [0.1, 0.15) is 43.0 Å². The number of phenolic OH excluding ortho intramolecular Hbond substituents is 1. The van der Waals surface area contributed by atoms with Gasteiger partial charge in [-0.15, -0.1) is 0 Å². The maximum absolute atomic E-state index is 11.6. The topological polar surface area (TPSA) is 61.7 Å². The molecule has 0 bridgehead atoms. The van der Waals surface area contributed by atoms with E-state index in [1.54, 1.807) is 24.4 Å².